The van der Waals surface area contributed by atoms with E-state index in [1.54, 1.807) is 11.3 Å². The lowest BCUT2D eigenvalue weighted by Crippen LogP contribution is -2.11. The molecule has 1 heterocycles. The lowest BCUT2D eigenvalue weighted by Gasteiger charge is -2.05. The Labute approximate surface area is 144 Å². The minimum Gasteiger partial charge on any atom is -0.396 e. The second kappa shape index (κ2) is 7.86. The summed E-state index contributed by atoms with van der Waals surface area (Å²) in [6.45, 7) is 0.0262. The van der Waals surface area contributed by atoms with Crippen LogP contribution < -0.4 is 5.32 Å². The van der Waals surface area contributed by atoms with Crippen molar-refractivity contribution in [2.24, 2.45) is 0 Å². The van der Waals surface area contributed by atoms with E-state index >= 15 is 0 Å². The third-order valence-electron chi connectivity index (χ3n) is 3.46. The predicted molar refractivity (Wildman–Crippen MR) is 99.9 cm³/mol. The van der Waals surface area contributed by atoms with Crippen molar-refractivity contribution >= 4 is 45.3 Å². The first-order chi connectivity index (χ1) is 11.7. The van der Waals surface area contributed by atoms with Crippen LogP contribution in [0.4, 0.5) is 5.69 Å². The number of fused-ring (bicyclic) bond motifs is 1. The fraction of sp³-hybridized carbons (Fsp3) is 0.158. The van der Waals surface area contributed by atoms with Gasteiger partial charge in [-0.3, -0.25) is 4.79 Å². The maximum absolute atomic E-state index is 11.7. The summed E-state index contributed by atoms with van der Waals surface area (Å²) in [5, 5.41) is 12.6. The zero-order valence-corrected chi connectivity index (χ0v) is 13.9. The number of nitrogens with zero attached hydrogens (tertiary/aromatic N) is 1. The van der Waals surface area contributed by atoms with Gasteiger partial charge in [-0.25, -0.2) is 4.98 Å². The Kier molecular flexibility index (Phi) is 5.36. The fourth-order valence-corrected chi connectivity index (χ4v) is 3.18. The number of rotatable bonds is 6. The molecule has 122 valence electrons. The Morgan fingerprint density at radius 2 is 2.04 bits per heavy atom. The second-order valence-electron chi connectivity index (χ2n) is 5.35. The van der Waals surface area contributed by atoms with Crippen LogP contribution in [0.25, 0.3) is 22.4 Å². The number of aliphatic hydroxyl groups is 1. The van der Waals surface area contributed by atoms with Crippen LogP contribution in [0, 0.1) is 0 Å². The summed E-state index contributed by atoms with van der Waals surface area (Å²) in [5.41, 5.74) is 2.76. The quantitative estimate of drug-likeness (QED) is 0.709. The van der Waals surface area contributed by atoms with Gasteiger partial charge in [0.15, 0.2) is 0 Å². The van der Waals surface area contributed by atoms with Gasteiger partial charge < -0.3 is 10.4 Å². The molecule has 3 rings (SSSR count). The van der Waals surface area contributed by atoms with Crippen LogP contribution >= 0.6 is 11.3 Å². The van der Waals surface area contributed by atoms with E-state index in [-0.39, 0.29) is 12.5 Å². The molecule has 2 aromatic carbocycles. The van der Waals surface area contributed by atoms with Crippen LogP contribution in [0.15, 0.2) is 48.5 Å². The van der Waals surface area contributed by atoms with Crippen molar-refractivity contribution in [2.45, 2.75) is 12.8 Å². The zero-order valence-electron chi connectivity index (χ0n) is 13.1. The molecule has 0 radical (unpaired) electrons. The number of thiazole rings is 1. The number of benzene rings is 2. The fourth-order valence-electron chi connectivity index (χ4n) is 2.31. The van der Waals surface area contributed by atoms with E-state index < -0.39 is 0 Å². The van der Waals surface area contributed by atoms with Crippen molar-refractivity contribution in [2.75, 3.05) is 11.9 Å². The number of hydrogen-bond donors (Lipinski definition) is 2. The molecule has 0 saturated heterocycles. The predicted octanol–water partition coefficient (Wildman–Crippen LogP) is 4.18. The molecule has 4 nitrogen and oxygen atoms in total. The van der Waals surface area contributed by atoms with Gasteiger partial charge in [0.05, 0.1) is 10.2 Å². The van der Waals surface area contributed by atoms with Gasteiger partial charge >= 0.3 is 0 Å². The summed E-state index contributed by atoms with van der Waals surface area (Å²) in [4.78, 5) is 16.3. The van der Waals surface area contributed by atoms with Gasteiger partial charge in [-0.1, -0.05) is 30.3 Å². The second-order valence-corrected chi connectivity index (χ2v) is 6.42. The van der Waals surface area contributed by atoms with Crippen LogP contribution in [-0.4, -0.2) is 22.6 Å². The average molecular weight is 338 g/mol. The van der Waals surface area contributed by atoms with Crippen LogP contribution in [0.1, 0.15) is 23.4 Å². The van der Waals surface area contributed by atoms with Crippen molar-refractivity contribution in [3.05, 3.63) is 59.1 Å². The zero-order chi connectivity index (χ0) is 16.8. The van der Waals surface area contributed by atoms with Gasteiger partial charge in [0.25, 0.3) is 0 Å². The lowest BCUT2D eigenvalue weighted by atomic mass is 10.2. The third-order valence-corrected chi connectivity index (χ3v) is 4.46. The standard InChI is InChI=1S/C19H18N2O2S/c22-12-4-9-18(23)20-15-6-3-5-14(13-15)10-11-19-21-16-7-1-2-8-17(16)24-19/h1-3,5-8,10-11,13,22H,4,9,12H2,(H,20,23)/b11-10+. The number of aromatic nitrogens is 1. The van der Waals surface area contributed by atoms with E-state index in [4.69, 9.17) is 5.11 Å². The van der Waals surface area contributed by atoms with E-state index in [1.165, 1.54) is 4.70 Å². The van der Waals surface area contributed by atoms with E-state index in [2.05, 4.69) is 16.4 Å². The maximum Gasteiger partial charge on any atom is 0.224 e. The topological polar surface area (TPSA) is 62.2 Å². The normalized spacial score (nSPS) is 11.2. The summed E-state index contributed by atoms with van der Waals surface area (Å²) in [6.07, 6.45) is 4.77. The molecule has 0 saturated carbocycles. The Bertz CT molecular complexity index is 837. The van der Waals surface area contributed by atoms with Crippen LogP contribution in [-0.2, 0) is 4.79 Å². The summed E-state index contributed by atoms with van der Waals surface area (Å²) >= 11 is 1.65. The molecule has 1 amide bonds. The molecule has 0 fully saturated rings. The number of hydrogen-bond acceptors (Lipinski definition) is 4. The Hall–Kier alpha value is -2.50. The Balaban J connectivity index is 1.70. The smallest absolute Gasteiger partial charge is 0.224 e. The van der Waals surface area contributed by atoms with Crippen LogP contribution in [0.2, 0.25) is 0 Å². The van der Waals surface area contributed by atoms with E-state index in [1.807, 2.05) is 54.6 Å². The number of carbonyl (C=O) groups excluding carboxylic acids is 1. The summed E-state index contributed by atoms with van der Waals surface area (Å²) in [6, 6.07) is 15.7. The van der Waals surface area contributed by atoms with Crippen molar-refractivity contribution in [3.63, 3.8) is 0 Å². The number of aliphatic hydroxyl groups excluding tert-OH is 1. The van der Waals surface area contributed by atoms with Crippen molar-refractivity contribution in [1.29, 1.82) is 0 Å². The largest absolute Gasteiger partial charge is 0.396 e. The minimum atomic E-state index is -0.0867. The SMILES string of the molecule is O=C(CCCO)Nc1cccc(/C=C/c2nc3ccccc3s2)c1. The number of para-hydroxylation sites is 1. The van der Waals surface area contributed by atoms with Crippen molar-refractivity contribution in [1.82, 2.24) is 4.98 Å². The van der Waals surface area contributed by atoms with Crippen LogP contribution in [0.5, 0.6) is 0 Å². The molecule has 2 N–H and O–H groups in total. The molecule has 0 bridgehead atoms. The van der Waals surface area contributed by atoms with E-state index in [0.29, 0.717) is 12.8 Å². The van der Waals surface area contributed by atoms with Gasteiger partial charge in [0.1, 0.15) is 5.01 Å². The van der Waals surface area contributed by atoms with Gasteiger partial charge in [-0.05, 0) is 42.3 Å². The van der Waals surface area contributed by atoms with Crippen molar-refractivity contribution < 1.29 is 9.90 Å². The molecular weight excluding hydrogens is 320 g/mol. The maximum atomic E-state index is 11.7. The van der Waals surface area contributed by atoms with E-state index in [0.717, 1.165) is 21.8 Å². The molecule has 1 aromatic heterocycles. The van der Waals surface area contributed by atoms with Gasteiger partial charge in [0.2, 0.25) is 5.91 Å². The number of amides is 1. The molecule has 0 spiro atoms. The van der Waals surface area contributed by atoms with Crippen molar-refractivity contribution in [3.8, 4) is 0 Å². The van der Waals surface area contributed by atoms with E-state index in [9.17, 15) is 4.79 Å². The summed E-state index contributed by atoms with van der Waals surface area (Å²) in [5.74, 6) is -0.0867. The van der Waals surface area contributed by atoms with Crippen LogP contribution in [0.3, 0.4) is 0 Å². The molecule has 0 unspecified atom stereocenters. The molecule has 0 aliphatic carbocycles. The average Bonchev–Trinajstić information content (AvgIpc) is 3.01. The number of carbonyl (C=O) groups is 1. The molecule has 0 aliphatic heterocycles. The first kappa shape index (κ1) is 16.4. The number of anilines is 1. The number of nitrogens with one attached hydrogen (secondary N) is 1. The highest BCUT2D eigenvalue weighted by atomic mass is 32.1. The first-order valence-electron chi connectivity index (χ1n) is 7.79. The summed E-state index contributed by atoms with van der Waals surface area (Å²) < 4.78 is 1.17. The minimum absolute atomic E-state index is 0.0262. The molecular formula is C19H18N2O2S. The highest BCUT2D eigenvalue weighted by Gasteiger charge is 2.02. The molecule has 0 aliphatic rings. The molecule has 24 heavy (non-hydrogen) atoms. The third kappa shape index (κ3) is 4.28. The Morgan fingerprint density at radius 1 is 1.17 bits per heavy atom. The first-order valence-corrected chi connectivity index (χ1v) is 8.61. The van der Waals surface area contributed by atoms with Gasteiger partial charge in [-0.2, -0.15) is 0 Å². The molecule has 0 atom stereocenters. The van der Waals surface area contributed by atoms with Gasteiger partial charge in [-0.15, -0.1) is 11.3 Å². The lowest BCUT2D eigenvalue weighted by molar-refractivity contribution is -0.116. The molecule has 3 aromatic rings. The Morgan fingerprint density at radius 3 is 2.88 bits per heavy atom. The highest BCUT2D eigenvalue weighted by molar-refractivity contribution is 7.19. The highest BCUT2D eigenvalue weighted by Crippen LogP contribution is 2.23. The summed E-state index contributed by atoms with van der Waals surface area (Å²) in [7, 11) is 0. The monoisotopic (exact) mass is 338 g/mol. The molecule has 5 heteroatoms. The van der Waals surface area contributed by atoms with Gasteiger partial charge in [0, 0.05) is 18.7 Å².